The molecule has 154 valence electrons. The van der Waals surface area contributed by atoms with Gasteiger partial charge in [0, 0.05) is 51.9 Å². The minimum Gasteiger partial charge on any atom is -0.359 e. The van der Waals surface area contributed by atoms with Crippen LogP contribution in [0.2, 0.25) is 0 Å². The summed E-state index contributed by atoms with van der Waals surface area (Å²) in [7, 11) is 1.73. The first-order chi connectivity index (χ1) is 13.4. The third-order valence-electron chi connectivity index (χ3n) is 7.74. The van der Waals surface area contributed by atoms with Crippen molar-refractivity contribution in [3.8, 4) is 0 Å². The lowest BCUT2D eigenvalue weighted by atomic mass is 9.65. The molecule has 0 radical (unpaired) electrons. The average Bonchev–Trinajstić information content (AvgIpc) is 3.38. The molecule has 1 aliphatic carbocycles. The van der Waals surface area contributed by atoms with Crippen molar-refractivity contribution in [2.75, 3.05) is 33.2 Å². The van der Waals surface area contributed by atoms with E-state index in [4.69, 9.17) is 0 Å². The van der Waals surface area contributed by atoms with E-state index in [1.54, 1.807) is 14.0 Å². The van der Waals surface area contributed by atoms with Gasteiger partial charge in [-0.1, -0.05) is 0 Å². The van der Waals surface area contributed by atoms with E-state index in [0.29, 0.717) is 6.54 Å². The Bertz CT molecular complexity index is 752. The number of likely N-dealkylation sites (tertiary alicyclic amines) is 2. The number of carbonyl (C=O) groups is 2. The molecule has 7 heteroatoms. The van der Waals surface area contributed by atoms with Gasteiger partial charge in [0.2, 0.25) is 11.8 Å². The van der Waals surface area contributed by atoms with E-state index >= 15 is 0 Å². The number of nitrogens with one attached hydrogen (secondary N) is 1. The standard InChI is InChI=1S/C21H33N5O2/c1-4-26-13-17(11-23-26)12-24-9-7-20(8-10-24)5-6-21(19(28)22-3)15-25(16(2)27)14-18(20)21/h11,13,18H,4-10,12,14-15H2,1-3H3,(H,22,28)/t18-,21+/m0/s1. The first-order valence-electron chi connectivity index (χ1n) is 10.6. The van der Waals surface area contributed by atoms with Crippen LogP contribution < -0.4 is 5.32 Å². The molecule has 4 rings (SSSR count). The Balaban J connectivity index is 1.47. The van der Waals surface area contributed by atoms with Gasteiger partial charge in [-0.05, 0) is 57.0 Å². The number of amides is 2. The van der Waals surface area contributed by atoms with Crippen LogP contribution in [-0.2, 0) is 22.7 Å². The molecule has 2 saturated heterocycles. The molecule has 3 aliphatic rings. The Morgan fingerprint density at radius 1 is 1.25 bits per heavy atom. The number of aromatic nitrogens is 2. The summed E-state index contributed by atoms with van der Waals surface area (Å²) in [5.41, 5.74) is 1.08. The summed E-state index contributed by atoms with van der Waals surface area (Å²) in [5.74, 6) is 0.513. The maximum Gasteiger partial charge on any atom is 0.228 e. The van der Waals surface area contributed by atoms with Gasteiger partial charge in [-0.25, -0.2) is 0 Å². The topological polar surface area (TPSA) is 70.5 Å². The molecule has 3 fully saturated rings. The second-order valence-corrected chi connectivity index (χ2v) is 9.03. The summed E-state index contributed by atoms with van der Waals surface area (Å²) < 4.78 is 1.98. The Morgan fingerprint density at radius 2 is 2.00 bits per heavy atom. The van der Waals surface area contributed by atoms with Crippen molar-refractivity contribution in [1.82, 2.24) is 24.9 Å². The third kappa shape index (κ3) is 3.04. The number of aryl methyl sites for hydroxylation is 1. The zero-order valence-electron chi connectivity index (χ0n) is 17.4. The number of hydrogen-bond donors (Lipinski definition) is 1. The molecule has 0 aromatic carbocycles. The lowest BCUT2D eigenvalue weighted by Gasteiger charge is -2.44. The summed E-state index contributed by atoms with van der Waals surface area (Å²) >= 11 is 0. The van der Waals surface area contributed by atoms with Crippen LogP contribution in [0.1, 0.15) is 45.1 Å². The summed E-state index contributed by atoms with van der Waals surface area (Å²) in [6.07, 6.45) is 8.36. The van der Waals surface area contributed by atoms with Crippen LogP contribution in [0.4, 0.5) is 0 Å². The molecule has 1 aromatic rings. The number of piperidine rings is 1. The molecule has 28 heavy (non-hydrogen) atoms. The van der Waals surface area contributed by atoms with Crippen molar-refractivity contribution < 1.29 is 9.59 Å². The van der Waals surface area contributed by atoms with E-state index in [1.807, 2.05) is 15.8 Å². The predicted molar refractivity (Wildman–Crippen MR) is 106 cm³/mol. The molecule has 2 aliphatic heterocycles. The number of fused-ring (bicyclic) bond motifs is 2. The van der Waals surface area contributed by atoms with E-state index in [2.05, 4.69) is 28.4 Å². The molecule has 7 nitrogen and oxygen atoms in total. The van der Waals surface area contributed by atoms with Gasteiger partial charge >= 0.3 is 0 Å². The first kappa shape index (κ1) is 19.4. The van der Waals surface area contributed by atoms with E-state index in [1.165, 1.54) is 5.56 Å². The summed E-state index contributed by atoms with van der Waals surface area (Å²) in [6, 6.07) is 0. The highest BCUT2D eigenvalue weighted by atomic mass is 16.2. The maximum atomic E-state index is 12.9. The van der Waals surface area contributed by atoms with Crippen molar-refractivity contribution in [3.63, 3.8) is 0 Å². The minimum absolute atomic E-state index is 0.0956. The quantitative estimate of drug-likeness (QED) is 0.850. The first-order valence-corrected chi connectivity index (χ1v) is 10.6. The molecular weight excluding hydrogens is 354 g/mol. The molecule has 1 aromatic heterocycles. The van der Waals surface area contributed by atoms with Crippen molar-refractivity contribution in [3.05, 3.63) is 18.0 Å². The second kappa shape index (κ2) is 7.17. The molecule has 1 N–H and O–H groups in total. The number of rotatable bonds is 4. The lowest BCUT2D eigenvalue weighted by Crippen LogP contribution is -2.48. The normalized spacial score (nSPS) is 29.2. The fraction of sp³-hybridized carbons (Fsp3) is 0.762. The van der Waals surface area contributed by atoms with Crippen molar-refractivity contribution in [2.45, 2.75) is 52.6 Å². The van der Waals surface area contributed by atoms with Crippen LogP contribution in [0, 0.1) is 16.7 Å². The highest BCUT2D eigenvalue weighted by Gasteiger charge is 2.64. The fourth-order valence-corrected chi connectivity index (χ4v) is 6.10. The zero-order chi connectivity index (χ0) is 19.9. The Hall–Kier alpha value is -1.89. The van der Waals surface area contributed by atoms with Gasteiger partial charge in [-0.15, -0.1) is 0 Å². The van der Waals surface area contributed by atoms with Gasteiger partial charge in [0.1, 0.15) is 0 Å². The van der Waals surface area contributed by atoms with Crippen LogP contribution in [0.25, 0.3) is 0 Å². The number of carbonyl (C=O) groups excluding carboxylic acids is 2. The van der Waals surface area contributed by atoms with Gasteiger partial charge in [0.05, 0.1) is 11.6 Å². The van der Waals surface area contributed by atoms with Gasteiger partial charge < -0.3 is 10.2 Å². The van der Waals surface area contributed by atoms with Crippen molar-refractivity contribution >= 4 is 11.8 Å². The molecule has 0 unspecified atom stereocenters. The Labute approximate surface area is 167 Å². The summed E-state index contributed by atoms with van der Waals surface area (Å²) in [6.45, 7) is 9.02. The van der Waals surface area contributed by atoms with Gasteiger partial charge in [0.25, 0.3) is 0 Å². The molecule has 1 saturated carbocycles. The highest BCUT2D eigenvalue weighted by molar-refractivity contribution is 5.85. The van der Waals surface area contributed by atoms with E-state index < -0.39 is 0 Å². The molecule has 0 bridgehead atoms. The van der Waals surface area contributed by atoms with Crippen LogP contribution in [0.15, 0.2) is 12.4 Å². The molecular formula is C21H33N5O2. The van der Waals surface area contributed by atoms with Crippen molar-refractivity contribution in [2.24, 2.45) is 16.7 Å². The number of hydrogen-bond acceptors (Lipinski definition) is 4. The van der Waals surface area contributed by atoms with Crippen molar-refractivity contribution in [1.29, 1.82) is 0 Å². The minimum atomic E-state index is -0.384. The van der Waals surface area contributed by atoms with Crippen LogP contribution >= 0.6 is 0 Å². The Morgan fingerprint density at radius 3 is 2.61 bits per heavy atom. The lowest BCUT2D eigenvalue weighted by molar-refractivity contribution is -0.133. The highest BCUT2D eigenvalue weighted by Crippen LogP contribution is 2.62. The number of nitrogens with zero attached hydrogens (tertiary/aromatic N) is 4. The van der Waals surface area contributed by atoms with E-state index in [0.717, 1.165) is 58.4 Å². The Kier molecular flexibility index (Phi) is 4.98. The average molecular weight is 388 g/mol. The second-order valence-electron chi connectivity index (χ2n) is 9.03. The third-order valence-corrected chi connectivity index (χ3v) is 7.74. The maximum absolute atomic E-state index is 12.9. The molecule has 2 amide bonds. The largest absolute Gasteiger partial charge is 0.359 e. The SMILES string of the molecule is CCn1cc(CN2CCC3(CC2)CC[C@@]2(C(=O)NC)CN(C(C)=O)C[C@@H]32)cn1. The van der Waals surface area contributed by atoms with Gasteiger partial charge in [-0.2, -0.15) is 5.10 Å². The molecule has 3 heterocycles. The van der Waals surface area contributed by atoms with Crippen LogP contribution in [0.3, 0.4) is 0 Å². The van der Waals surface area contributed by atoms with E-state index in [-0.39, 0.29) is 28.6 Å². The van der Waals surface area contributed by atoms with Gasteiger partial charge in [0.15, 0.2) is 0 Å². The predicted octanol–water partition coefficient (Wildman–Crippen LogP) is 1.49. The zero-order valence-corrected chi connectivity index (χ0v) is 17.4. The molecule has 2 atom stereocenters. The smallest absolute Gasteiger partial charge is 0.228 e. The summed E-state index contributed by atoms with van der Waals surface area (Å²) in [4.78, 5) is 29.4. The summed E-state index contributed by atoms with van der Waals surface area (Å²) in [5, 5.41) is 7.29. The van der Waals surface area contributed by atoms with Crippen LogP contribution in [0.5, 0.6) is 0 Å². The fourth-order valence-electron chi connectivity index (χ4n) is 6.10. The van der Waals surface area contributed by atoms with Gasteiger partial charge in [-0.3, -0.25) is 19.2 Å². The monoisotopic (exact) mass is 387 g/mol. The molecule has 1 spiro atoms. The van der Waals surface area contributed by atoms with E-state index in [9.17, 15) is 9.59 Å². The van der Waals surface area contributed by atoms with Crippen LogP contribution in [-0.4, -0.2) is 64.6 Å².